The number of aliphatic hydroxyl groups is 1. The Kier molecular flexibility index (Phi) is 15.1. The number of hydrogen-bond donors (Lipinski definition) is 1. The van der Waals surface area contributed by atoms with Gasteiger partial charge in [-0.15, -0.1) is 0 Å². The monoisotopic (exact) mass is 288 g/mol. The maximum atomic E-state index is 8.52. The second-order valence-corrected chi connectivity index (χ2v) is 2.17. The zero-order valence-electron chi connectivity index (χ0n) is 5.86. The second-order valence-electron chi connectivity index (χ2n) is 2.17. The van der Waals surface area contributed by atoms with Crippen molar-refractivity contribution in [2.24, 2.45) is 0 Å². The van der Waals surface area contributed by atoms with Crippen LogP contribution in [-0.4, -0.2) is 17.8 Å². The molecule has 0 bridgehead atoms. The maximum Gasteiger partial charge on any atom is 0.0563 e. The molecule has 2 N–H and O–H groups in total. The minimum atomic E-state index is -0.500. The van der Waals surface area contributed by atoms with E-state index < -0.39 is 5.60 Å². The molecule has 0 rings (SSSR count). The summed E-state index contributed by atoms with van der Waals surface area (Å²) < 4.78 is 0. The predicted molar refractivity (Wildman–Crippen MR) is 32.2 cm³/mol. The average Bonchev–Trinajstić information content (AvgIpc) is 1.36. The van der Waals surface area contributed by atoms with Crippen LogP contribution in [0.1, 0.15) is 20.8 Å². The van der Waals surface area contributed by atoms with Gasteiger partial charge in [-0.25, -0.2) is 0 Å². The largest absolute Gasteiger partial charge is 0.680 e. The number of nitrogens with one attached hydrogen (secondary N) is 1. The minimum Gasteiger partial charge on any atom is -0.680 e. The first-order chi connectivity index (χ1) is 3.00. The van der Waals surface area contributed by atoms with Crippen molar-refractivity contribution in [3.63, 3.8) is 0 Å². The van der Waals surface area contributed by atoms with Crippen LogP contribution < -0.4 is 0 Å². The summed E-state index contributed by atoms with van der Waals surface area (Å²) in [5, 5.41) is 8.52. The van der Waals surface area contributed by atoms with Gasteiger partial charge in [-0.1, -0.05) is 0 Å². The van der Waals surface area contributed by atoms with E-state index >= 15 is 0 Å². The van der Waals surface area contributed by atoms with Gasteiger partial charge < -0.3 is 10.8 Å². The SMILES string of the molecule is CC(C)(C)O.C[NH-].[W]. The molecule has 2 nitrogen and oxygen atoms in total. The maximum absolute atomic E-state index is 8.52. The van der Waals surface area contributed by atoms with Crippen LogP contribution in [0.15, 0.2) is 0 Å². The molecular formula is C5H14NOW-. The van der Waals surface area contributed by atoms with Gasteiger partial charge in [0, 0.05) is 21.1 Å². The van der Waals surface area contributed by atoms with Gasteiger partial charge in [0.1, 0.15) is 0 Å². The summed E-state index contributed by atoms with van der Waals surface area (Å²) in [7, 11) is 1.25. The van der Waals surface area contributed by atoms with E-state index in [9.17, 15) is 0 Å². The van der Waals surface area contributed by atoms with Gasteiger partial charge in [-0.2, -0.15) is 7.05 Å². The van der Waals surface area contributed by atoms with Crippen LogP contribution in [-0.2, 0) is 21.1 Å². The van der Waals surface area contributed by atoms with Gasteiger partial charge in [0.15, 0.2) is 0 Å². The molecule has 0 saturated carbocycles. The standard InChI is InChI=1S/C4H10O.CH4N.W/c1-4(2,3)5;1-2;/h5H,1-3H3;2H,1H3;/q;-1;. The zero-order valence-corrected chi connectivity index (χ0v) is 8.79. The quantitative estimate of drug-likeness (QED) is 0.720. The van der Waals surface area contributed by atoms with E-state index in [1.807, 2.05) is 0 Å². The Bertz CT molecular complexity index is 27.9. The minimum absolute atomic E-state index is 0. The molecule has 3 heteroatoms. The normalized spacial score (nSPS) is 8.25. The second kappa shape index (κ2) is 7.61. The van der Waals surface area contributed by atoms with Crippen LogP contribution in [0.4, 0.5) is 0 Å². The Hall–Kier alpha value is 0.608. The topological polar surface area (TPSA) is 44.0 Å². The Balaban J connectivity index is -0.0000000750. The summed E-state index contributed by atoms with van der Waals surface area (Å²) in [6.45, 7) is 5.23. The van der Waals surface area contributed by atoms with Crippen LogP contribution in [0.5, 0.6) is 0 Å². The molecule has 8 heavy (non-hydrogen) atoms. The Labute approximate surface area is 65.7 Å². The van der Waals surface area contributed by atoms with Crippen molar-refractivity contribution in [1.82, 2.24) is 0 Å². The van der Waals surface area contributed by atoms with Crippen LogP contribution >= 0.6 is 0 Å². The fourth-order valence-electron chi connectivity index (χ4n) is 0. The van der Waals surface area contributed by atoms with Gasteiger partial charge in [0.2, 0.25) is 0 Å². The molecule has 0 aliphatic heterocycles. The molecule has 0 aliphatic rings. The molecule has 0 heterocycles. The van der Waals surface area contributed by atoms with Crippen molar-refractivity contribution in [2.45, 2.75) is 26.4 Å². The molecule has 0 saturated heterocycles. The van der Waals surface area contributed by atoms with Crippen LogP contribution in [0.3, 0.4) is 0 Å². The van der Waals surface area contributed by atoms with E-state index in [2.05, 4.69) is 0 Å². The van der Waals surface area contributed by atoms with E-state index in [1.54, 1.807) is 20.8 Å². The van der Waals surface area contributed by atoms with Crippen molar-refractivity contribution in [3.05, 3.63) is 5.73 Å². The molecule has 0 spiro atoms. The summed E-state index contributed by atoms with van der Waals surface area (Å²) in [5.41, 5.74) is 5.25. The molecule has 0 aromatic carbocycles. The first-order valence-electron chi connectivity index (χ1n) is 2.22. The van der Waals surface area contributed by atoms with Crippen LogP contribution in [0, 0.1) is 0 Å². The predicted octanol–water partition coefficient (Wildman–Crippen LogP) is 1.44. The Morgan fingerprint density at radius 3 is 1.12 bits per heavy atom. The molecule has 0 amide bonds. The molecule has 0 radical (unpaired) electrons. The van der Waals surface area contributed by atoms with E-state index in [0.717, 1.165) is 0 Å². The fourth-order valence-corrected chi connectivity index (χ4v) is 0. The summed E-state index contributed by atoms with van der Waals surface area (Å²) in [4.78, 5) is 0. The Morgan fingerprint density at radius 2 is 1.12 bits per heavy atom. The van der Waals surface area contributed by atoms with Crippen LogP contribution in [0.25, 0.3) is 5.73 Å². The molecule has 52 valence electrons. The first-order valence-corrected chi connectivity index (χ1v) is 2.22. The van der Waals surface area contributed by atoms with E-state index in [1.165, 1.54) is 7.05 Å². The van der Waals surface area contributed by atoms with Gasteiger partial charge in [0.25, 0.3) is 0 Å². The first kappa shape index (κ1) is 15.8. The van der Waals surface area contributed by atoms with E-state index in [0.29, 0.717) is 0 Å². The number of rotatable bonds is 0. The van der Waals surface area contributed by atoms with Gasteiger partial charge in [0.05, 0.1) is 5.60 Å². The third-order valence-electron chi connectivity index (χ3n) is 0. The molecule has 0 aromatic rings. The third-order valence-corrected chi connectivity index (χ3v) is 0. The molecular weight excluding hydrogens is 274 g/mol. The summed E-state index contributed by atoms with van der Waals surface area (Å²) in [6.07, 6.45) is 0. The Morgan fingerprint density at radius 1 is 1.12 bits per heavy atom. The zero-order chi connectivity index (χ0) is 6.50. The molecule has 0 unspecified atom stereocenters. The van der Waals surface area contributed by atoms with E-state index in [-0.39, 0.29) is 21.1 Å². The summed E-state index contributed by atoms with van der Waals surface area (Å²) >= 11 is 0. The van der Waals surface area contributed by atoms with Crippen molar-refractivity contribution >= 4 is 0 Å². The van der Waals surface area contributed by atoms with Crippen molar-refractivity contribution < 1.29 is 26.2 Å². The van der Waals surface area contributed by atoms with Crippen molar-refractivity contribution in [1.29, 1.82) is 0 Å². The van der Waals surface area contributed by atoms with E-state index in [4.69, 9.17) is 10.8 Å². The summed E-state index contributed by atoms with van der Waals surface area (Å²) in [6, 6.07) is 0. The third kappa shape index (κ3) is 562. The smallest absolute Gasteiger partial charge is 0.0563 e. The van der Waals surface area contributed by atoms with Crippen molar-refractivity contribution in [3.8, 4) is 0 Å². The van der Waals surface area contributed by atoms with Gasteiger partial charge in [-0.3, -0.25) is 0 Å². The number of hydrogen-bond acceptors (Lipinski definition) is 1. The molecule has 0 aliphatic carbocycles. The average molecular weight is 288 g/mol. The fraction of sp³-hybridized carbons (Fsp3) is 1.00. The molecule has 0 atom stereocenters. The summed E-state index contributed by atoms with van der Waals surface area (Å²) in [5.74, 6) is 0. The molecule has 0 fully saturated rings. The molecule has 0 aromatic heterocycles. The van der Waals surface area contributed by atoms with Gasteiger partial charge >= 0.3 is 0 Å². The van der Waals surface area contributed by atoms with Gasteiger partial charge in [-0.05, 0) is 20.8 Å². The van der Waals surface area contributed by atoms with Crippen LogP contribution in [0.2, 0.25) is 0 Å². The van der Waals surface area contributed by atoms with Crippen molar-refractivity contribution in [2.75, 3.05) is 7.05 Å².